The van der Waals surface area contributed by atoms with E-state index in [1.165, 1.54) is 12.0 Å². The van der Waals surface area contributed by atoms with Crippen LogP contribution in [0.3, 0.4) is 0 Å². The molecule has 0 spiro atoms. The number of esters is 1. The van der Waals surface area contributed by atoms with Gasteiger partial charge in [0.05, 0.1) is 13.0 Å². The fourth-order valence-corrected chi connectivity index (χ4v) is 1.52. The maximum atomic E-state index is 11.8. The highest BCUT2D eigenvalue weighted by molar-refractivity contribution is 5.75. The molecule has 0 fully saturated rings. The molecule has 1 unspecified atom stereocenters. The third kappa shape index (κ3) is 4.09. The molecule has 1 aliphatic heterocycles. The van der Waals surface area contributed by atoms with Crippen molar-refractivity contribution in [2.45, 2.75) is 32.8 Å². The van der Waals surface area contributed by atoms with Gasteiger partial charge in [-0.05, 0) is 27.2 Å². The zero-order valence-electron chi connectivity index (χ0n) is 10.7. The van der Waals surface area contributed by atoms with Gasteiger partial charge in [-0.15, -0.1) is 0 Å². The van der Waals surface area contributed by atoms with Crippen LogP contribution < -0.4 is 0 Å². The van der Waals surface area contributed by atoms with E-state index in [1.807, 2.05) is 0 Å². The summed E-state index contributed by atoms with van der Waals surface area (Å²) >= 11 is 0. The lowest BCUT2D eigenvalue weighted by Crippen LogP contribution is -2.40. The quantitative estimate of drug-likeness (QED) is 0.658. The number of methoxy groups -OCH3 is 1. The number of carbonyl (C=O) groups is 2. The number of rotatable bonds is 1. The van der Waals surface area contributed by atoms with Crippen molar-refractivity contribution in [2.75, 3.05) is 13.7 Å². The zero-order chi connectivity index (χ0) is 13.1. The van der Waals surface area contributed by atoms with Gasteiger partial charge in [-0.1, -0.05) is 6.08 Å². The van der Waals surface area contributed by atoms with Crippen LogP contribution in [0.1, 0.15) is 27.2 Å². The predicted octanol–water partition coefficient (Wildman–Crippen LogP) is 1.93. The summed E-state index contributed by atoms with van der Waals surface area (Å²) in [6, 6.07) is 0. The van der Waals surface area contributed by atoms with E-state index in [2.05, 4.69) is 4.74 Å². The molecule has 5 heteroatoms. The van der Waals surface area contributed by atoms with Crippen LogP contribution in [0, 0.1) is 5.92 Å². The van der Waals surface area contributed by atoms with Gasteiger partial charge in [0, 0.05) is 12.7 Å². The lowest BCUT2D eigenvalue weighted by Gasteiger charge is -2.29. The van der Waals surface area contributed by atoms with Crippen LogP contribution >= 0.6 is 0 Å². The second kappa shape index (κ2) is 5.21. The first kappa shape index (κ1) is 13.5. The molecule has 5 nitrogen and oxygen atoms in total. The summed E-state index contributed by atoms with van der Waals surface area (Å²) in [5.41, 5.74) is -0.539. The molecule has 0 aromatic rings. The number of ether oxygens (including phenoxy) is 2. The third-order valence-electron chi connectivity index (χ3n) is 2.29. The summed E-state index contributed by atoms with van der Waals surface area (Å²) in [5.74, 6) is -0.611. The van der Waals surface area contributed by atoms with Gasteiger partial charge in [0.25, 0.3) is 0 Å². The standard InChI is InChI=1S/C12H19NO4/c1-12(2,3)17-11(15)13-7-5-6-9(8-13)10(14)16-4/h5,7,9H,6,8H2,1-4H3. The third-order valence-corrected chi connectivity index (χ3v) is 2.29. The van der Waals surface area contributed by atoms with Gasteiger partial charge in [-0.25, -0.2) is 4.79 Å². The van der Waals surface area contributed by atoms with Crippen molar-refractivity contribution in [3.05, 3.63) is 12.3 Å². The van der Waals surface area contributed by atoms with Gasteiger partial charge in [-0.2, -0.15) is 0 Å². The van der Waals surface area contributed by atoms with E-state index in [9.17, 15) is 9.59 Å². The molecule has 0 bridgehead atoms. The molecule has 1 amide bonds. The minimum absolute atomic E-state index is 0.303. The topological polar surface area (TPSA) is 55.8 Å². The molecular weight excluding hydrogens is 222 g/mol. The highest BCUT2D eigenvalue weighted by atomic mass is 16.6. The SMILES string of the molecule is COC(=O)C1CC=CN(C(=O)OC(C)(C)C)C1. The Kier molecular flexibility index (Phi) is 4.15. The molecule has 0 radical (unpaired) electrons. The summed E-state index contributed by atoms with van der Waals surface area (Å²) in [6.07, 6.45) is 3.57. The summed E-state index contributed by atoms with van der Waals surface area (Å²) in [6.45, 7) is 5.71. The molecule has 0 N–H and O–H groups in total. The van der Waals surface area contributed by atoms with Crippen LogP contribution in [-0.4, -0.2) is 36.2 Å². The number of nitrogens with zero attached hydrogens (tertiary/aromatic N) is 1. The lowest BCUT2D eigenvalue weighted by molar-refractivity contribution is -0.145. The van der Waals surface area contributed by atoms with Crippen molar-refractivity contribution in [2.24, 2.45) is 5.92 Å². The van der Waals surface area contributed by atoms with E-state index >= 15 is 0 Å². The molecule has 0 aromatic heterocycles. The summed E-state index contributed by atoms with van der Waals surface area (Å²) in [7, 11) is 1.35. The Morgan fingerprint density at radius 2 is 2.00 bits per heavy atom. The van der Waals surface area contributed by atoms with Gasteiger partial charge in [0.1, 0.15) is 5.60 Å². The first-order chi connectivity index (χ1) is 7.83. The normalized spacial score (nSPS) is 20.0. The number of amides is 1. The van der Waals surface area contributed by atoms with Crippen LogP contribution in [0.25, 0.3) is 0 Å². The summed E-state index contributed by atoms with van der Waals surface area (Å²) in [5, 5.41) is 0. The van der Waals surface area contributed by atoms with E-state index in [0.717, 1.165) is 0 Å². The van der Waals surface area contributed by atoms with Gasteiger partial charge < -0.3 is 9.47 Å². The maximum Gasteiger partial charge on any atom is 0.414 e. The molecular formula is C12H19NO4. The van der Waals surface area contributed by atoms with Crippen LogP contribution in [0.5, 0.6) is 0 Å². The van der Waals surface area contributed by atoms with Crippen LogP contribution in [0.2, 0.25) is 0 Å². The predicted molar refractivity (Wildman–Crippen MR) is 62.2 cm³/mol. The van der Waals surface area contributed by atoms with Gasteiger partial charge in [0.2, 0.25) is 0 Å². The van der Waals surface area contributed by atoms with Crippen molar-refractivity contribution < 1.29 is 19.1 Å². The average Bonchev–Trinajstić information content (AvgIpc) is 2.26. The summed E-state index contributed by atoms with van der Waals surface area (Å²) < 4.78 is 9.89. The van der Waals surface area contributed by atoms with E-state index in [1.54, 1.807) is 33.0 Å². The largest absolute Gasteiger partial charge is 0.469 e. The number of hydrogen-bond donors (Lipinski definition) is 0. The van der Waals surface area contributed by atoms with Crippen LogP contribution in [-0.2, 0) is 14.3 Å². The average molecular weight is 241 g/mol. The van der Waals surface area contributed by atoms with Gasteiger partial charge in [0.15, 0.2) is 0 Å². The molecule has 1 heterocycles. The molecule has 0 aliphatic carbocycles. The Morgan fingerprint density at radius 1 is 1.35 bits per heavy atom. The Hall–Kier alpha value is -1.52. The molecule has 1 rings (SSSR count). The van der Waals surface area contributed by atoms with Crippen molar-refractivity contribution in [1.82, 2.24) is 4.90 Å². The van der Waals surface area contributed by atoms with Crippen molar-refractivity contribution >= 4 is 12.1 Å². The monoisotopic (exact) mass is 241 g/mol. The Labute approximate surface area is 101 Å². The molecule has 1 aliphatic rings. The molecule has 96 valence electrons. The van der Waals surface area contributed by atoms with Gasteiger partial charge >= 0.3 is 12.1 Å². The second-order valence-electron chi connectivity index (χ2n) is 4.97. The number of hydrogen-bond acceptors (Lipinski definition) is 4. The Balaban J connectivity index is 2.61. The zero-order valence-corrected chi connectivity index (χ0v) is 10.7. The number of carbonyl (C=O) groups excluding carboxylic acids is 2. The Morgan fingerprint density at radius 3 is 2.53 bits per heavy atom. The minimum atomic E-state index is -0.539. The molecule has 0 saturated carbocycles. The summed E-state index contributed by atoms with van der Waals surface area (Å²) in [4.78, 5) is 24.6. The Bertz CT molecular complexity index is 330. The first-order valence-electron chi connectivity index (χ1n) is 5.57. The van der Waals surface area contributed by atoms with Gasteiger partial charge in [-0.3, -0.25) is 9.69 Å². The second-order valence-corrected chi connectivity index (χ2v) is 4.97. The molecule has 0 saturated heterocycles. The van der Waals surface area contributed by atoms with Crippen molar-refractivity contribution in [3.8, 4) is 0 Å². The highest BCUT2D eigenvalue weighted by Crippen LogP contribution is 2.18. The van der Waals surface area contributed by atoms with E-state index in [0.29, 0.717) is 13.0 Å². The fraction of sp³-hybridized carbons (Fsp3) is 0.667. The van der Waals surface area contributed by atoms with Crippen molar-refractivity contribution in [3.63, 3.8) is 0 Å². The molecule has 17 heavy (non-hydrogen) atoms. The number of allylic oxidation sites excluding steroid dienone is 1. The van der Waals surface area contributed by atoms with Crippen LogP contribution in [0.15, 0.2) is 12.3 Å². The van der Waals surface area contributed by atoms with E-state index < -0.39 is 11.7 Å². The van der Waals surface area contributed by atoms with Crippen molar-refractivity contribution in [1.29, 1.82) is 0 Å². The minimum Gasteiger partial charge on any atom is -0.469 e. The van der Waals surface area contributed by atoms with E-state index in [4.69, 9.17) is 4.74 Å². The smallest absolute Gasteiger partial charge is 0.414 e. The highest BCUT2D eigenvalue weighted by Gasteiger charge is 2.28. The molecule has 0 aromatic carbocycles. The lowest BCUT2D eigenvalue weighted by atomic mass is 10.0. The molecule has 1 atom stereocenters. The maximum absolute atomic E-state index is 11.8. The fourth-order valence-electron chi connectivity index (χ4n) is 1.52. The first-order valence-corrected chi connectivity index (χ1v) is 5.57. The van der Waals surface area contributed by atoms with Crippen LogP contribution in [0.4, 0.5) is 4.79 Å². The van der Waals surface area contributed by atoms with E-state index in [-0.39, 0.29) is 11.9 Å².